The Labute approximate surface area is 113 Å². The third kappa shape index (κ3) is 27.4. The van der Waals surface area contributed by atoms with E-state index in [9.17, 15) is 0 Å². The summed E-state index contributed by atoms with van der Waals surface area (Å²) in [6.45, 7) is 0. The molecule has 0 saturated carbocycles. The van der Waals surface area contributed by atoms with E-state index in [2.05, 4.69) is 0 Å². The summed E-state index contributed by atoms with van der Waals surface area (Å²) in [5.74, 6) is 0. The van der Waals surface area contributed by atoms with E-state index in [0.717, 1.165) is 0 Å². The molecule has 0 unspecified atom stereocenters. The number of hydrogen-bond donors (Lipinski definition) is 0. The van der Waals surface area contributed by atoms with Gasteiger partial charge in [-0.25, -0.2) is 0 Å². The molecule has 0 rings (SSSR count). The minimum Gasteiger partial charge on any atom is -0.870 e. The van der Waals surface area contributed by atoms with Crippen LogP contribution in [0.15, 0.2) is 0 Å². The van der Waals surface area contributed by atoms with Gasteiger partial charge in [0.25, 0.3) is 0 Å². The van der Waals surface area contributed by atoms with Crippen LogP contribution in [0.25, 0.3) is 0 Å². The Hall–Kier alpha value is 3.11. The summed E-state index contributed by atoms with van der Waals surface area (Å²) >= 11 is 0. The average molecular weight is 120 g/mol. The SMILES string of the molecule is [K+].[Li+].[Na+].[OH-].[OH-].[OH-]. The smallest absolute Gasteiger partial charge is 0.870 e. The predicted octanol–water partition coefficient (Wildman–Crippen LogP) is -9.52. The molecule has 0 aliphatic heterocycles. The van der Waals surface area contributed by atoms with Crippen LogP contribution in [0.5, 0.6) is 0 Å². The Morgan fingerprint density at radius 1 is 0.667 bits per heavy atom. The molecule has 0 fully saturated rings. The molecule has 0 heterocycles. The van der Waals surface area contributed by atoms with Gasteiger partial charge in [-0.2, -0.15) is 0 Å². The van der Waals surface area contributed by atoms with E-state index < -0.39 is 0 Å². The summed E-state index contributed by atoms with van der Waals surface area (Å²) in [4.78, 5) is 0. The standard InChI is InChI=1S/K.Li.Na.3H2O/h;;;3*1H2/q3*+1;;;/p-3. The van der Waals surface area contributed by atoms with Gasteiger partial charge in [-0.15, -0.1) is 0 Å². The zero-order valence-corrected chi connectivity index (χ0v) is 9.46. The molecule has 0 amide bonds. The normalized spacial score (nSPS) is 0. The molecular weight excluding hydrogens is 117 g/mol. The minimum atomic E-state index is 0. The summed E-state index contributed by atoms with van der Waals surface area (Å²) < 4.78 is 0. The van der Waals surface area contributed by atoms with E-state index in [1.54, 1.807) is 0 Å². The van der Waals surface area contributed by atoms with Crippen molar-refractivity contribution in [3.05, 3.63) is 0 Å². The first kappa shape index (κ1) is 61.9. The summed E-state index contributed by atoms with van der Waals surface area (Å²) in [5.41, 5.74) is 0. The van der Waals surface area contributed by atoms with Crippen LogP contribution < -0.4 is 99.8 Å². The monoisotopic (exact) mass is 120 g/mol. The molecule has 3 nitrogen and oxygen atoms in total. The van der Waals surface area contributed by atoms with Crippen LogP contribution in [0.1, 0.15) is 0 Å². The number of hydrogen-bond acceptors (Lipinski definition) is 3. The predicted molar refractivity (Wildman–Crippen MR) is 5.81 cm³/mol. The van der Waals surface area contributed by atoms with Crippen molar-refractivity contribution in [1.82, 2.24) is 0 Å². The maximum atomic E-state index is 0. The van der Waals surface area contributed by atoms with Crippen LogP contribution in [0, 0.1) is 0 Å². The van der Waals surface area contributed by atoms with Gasteiger partial charge in [0.05, 0.1) is 0 Å². The fraction of sp³-hybridized carbons (Fsp3) is 0. The van der Waals surface area contributed by atoms with Crippen molar-refractivity contribution >= 4 is 0 Å². The quantitative estimate of drug-likeness (QED) is 0.297. The molecule has 24 valence electrons. The fourth-order valence-electron chi connectivity index (χ4n) is 0. The Balaban J connectivity index is 0. The molecule has 0 bridgehead atoms. The van der Waals surface area contributed by atoms with Crippen molar-refractivity contribution in [3.8, 4) is 0 Å². The second-order valence-electron chi connectivity index (χ2n) is 0. The van der Waals surface area contributed by atoms with E-state index in [4.69, 9.17) is 0 Å². The molecule has 3 N–H and O–H groups in total. The van der Waals surface area contributed by atoms with E-state index in [1.807, 2.05) is 0 Å². The maximum Gasteiger partial charge on any atom is 1.00 e. The average Bonchev–Trinajstić information content (AvgIpc) is 0. The Bertz CT molecular complexity index is 10.8. The van der Waals surface area contributed by atoms with E-state index in [1.165, 1.54) is 0 Å². The summed E-state index contributed by atoms with van der Waals surface area (Å²) in [7, 11) is 0. The van der Waals surface area contributed by atoms with Gasteiger partial charge >= 0.3 is 99.8 Å². The fourth-order valence-corrected chi connectivity index (χ4v) is 0. The van der Waals surface area contributed by atoms with Gasteiger partial charge in [0.1, 0.15) is 0 Å². The van der Waals surface area contributed by atoms with Gasteiger partial charge in [-0.3, -0.25) is 0 Å². The van der Waals surface area contributed by atoms with Gasteiger partial charge < -0.3 is 16.4 Å². The number of rotatable bonds is 0. The summed E-state index contributed by atoms with van der Waals surface area (Å²) in [6.07, 6.45) is 0. The van der Waals surface area contributed by atoms with Crippen LogP contribution in [0.3, 0.4) is 0 Å². The van der Waals surface area contributed by atoms with Crippen LogP contribution in [0.2, 0.25) is 0 Å². The van der Waals surface area contributed by atoms with Crippen LogP contribution in [-0.4, -0.2) is 16.4 Å². The van der Waals surface area contributed by atoms with Crippen molar-refractivity contribution < 1.29 is 116 Å². The largest absolute Gasteiger partial charge is 1.00 e. The zero-order valence-electron chi connectivity index (χ0n) is 4.34. The molecule has 0 atom stereocenters. The van der Waals surface area contributed by atoms with Gasteiger partial charge in [0.15, 0.2) is 0 Å². The molecule has 0 spiro atoms. The van der Waals surface area contributed by atoms with Gasteiger partial charge in [0.2, 0.25) is 0 Å². The van der Waals surface area contributed by atoms with E-state index in [-0.39, 0.29) is 116 Å². The molecule has 0 aromatic rings. The molecule has 6 heavy (non-hydrogen) atoms. The van der Waals surface area contributed by atoms with Gasteiger partial charge in [-0.1, -0.05) is 0 Å². The topological polar surface area (TPSA) is 90.0 Å². The van der Waals surface area contributed by atoms with Crippen LogP contribution >= 0.6 is 0 Å². The van der Waals surface area contributed by atoms with E-state index in [0.29, 0.717) is 0 Å². The Morgan fingerprint density at radius 2 is 0.667 bits per heavy atom. The Morgan fingerprint density at radius 3 is 0.667 bits per heavy atom. The molecular formula is H3KLiNaO3. The minimum absolute atomic E-state index is 0. The van der Waals surface area contributed by atoms with Crippen molar-refractivity contribution in [1.29, 1.82) is 0 Å². The molecule has 0 aliphatic carbocycles. The van der Waals surface area contributed by atoms with Crippen molar-refractivity contribution in [2.45, 2.75) is 0 Å². The van der Waals surface area contributed by atoms with Crippen molar-refractivity contribution in [2.75, 3.05) is 0 Å². The third-order valence-electron chi connectivity index (χ3n) is 0. The second-order valence-corrected chi connectivity index (χ2v) is 0. The molecule has 0 aromatic heterocycles. The second kappa shape index (κ2) is 42.3. The van der Waals surface area contributed by atoms with E-state index >= 15 is 0 Å². The molecule has 0 radical (unpaired) electrons. The molecule has 0 aromatic carbocycles. The summed E-state index contributed by atoms with van der Waals surface area (Å²) in [6, 6.07) is 0. The first-order chi connectivity index (χ1) is 0. The molecule has 0 saturated heterocycles. The van der Waals surface area contributed by atoms with Crippen molar-refractivity contribution in [3.63, 3.8) is 0 Å². The zero-order chi connectivity index (χ0) is 0. The van der Waals surface area contributed by atoms with Gasteiger partial charge in [-0.05, 0) is 0 Å². The maximum absolute atomic E-state index is 0. The van der Waals surface area contributed by atoms with Crippen molar-refractivity contribution in [2.24, 2.45) is 0 Å². The van der Waals surface area contributed by atoms with Crippen LogP contribution in [0.4, 0.5) is 0 Å². The third-order valence-corrected chi connectivity index (χ3v) is 0. The molecule has 6 heteroatoms. The van der Waals surface area contributed by atoms with Crippen LogP contribution in [-0.2, 0) is 0 Å². The Kier molecular flexibility index (Phi) is 437. The van der Waals surface area contributed by atoms with Gasteiger partial charge in [0, 0.05) is 0 Å². The summed E-state index contributed by atoms with van der Waals surface area (Å²) in [5, 5.41) is 0. The molecule has 0 aliphatic rings. The first-order valence-corrected chi connectivity index (χ1v) is 0. The first-order valence-electron chi connectivity index (χ1n) is 0.